The molecular weight excluding hydrogens is 300 g/mol. The second kappa shape index (κ2) is 5.78. The average molecular weight is 316 g/mol. The highest BCUT2D eigenvalue weighted by Gasteiger charge is 2.37. The maximum Gasteiger partial charge on any atom is 0.322 e. The molecule has 1 aromatic carbocycles. The van der Waals surface area contributed by atoms with Crippen molar-refractivity contribution in [2.45, 2.75) is 31.7 Å². The largest absolute Gasteiger partial charge is 0.480 e. The molecule has 0 aliphatic carbocycles. The highest BCUT2D eigenvalue weighted by molar-refractivity contribution is 7.89. The normalized spacial score (nSPS) is 13.7. The van der Waals surface area contributed by atoms with Gasteiger partial charge in [0, 0.05) is 6.07 Å². The molecule has 2 N–H and O–H groups in total. The number of nitrogens with zero attached hydrogens (tertiary/aromatic N) is 1. The fourth-order valence-corrected chi connectivity index (χ4v) is 3.22. The van der Waals surface area contributed by atoms with Crippen LogP contribution in [-0.4, -0.2) is 30.5 Å². The Kier molecular flexibility index (Phi) is 4.69. The molecule has 0 aliphatic rings. The molecule has 8 nitrogen and oxygen atoms in total. The molecule has 1 rings (SSSR count). The third kappa shape index (κ3) is 3.99. The SMILES string of the molecule is CC(C)(C)[C@@H](NS(=O)(=O)c1ccccc1[N+](=O)[O-])C(=O)O. The van der Waals surface area contributed by atoms with Gasteiger partial charge < -0.3 is 5.11 Å². The molecule has 0 radical (unpaired) electrons. The topological polar surface area (TPSA) is 127 Å². The predicted octanol–water partition coefficient (Wildman–Crippen LogP) is 1.37. The van der Waals surface area contributed by atoms with Gasteiger partial charge in [-0.25, -0.2) is 8.42 Å². The lowest BCUT2D eigenvalue weighted by Crippen LogP contribution is -2.49. The van der Waals surface area contributed by atoms with E-state index in [2.05, 4.69) is 0 Å². The molecule has 0 spiro atoms. The van der Waals surface area contributed by atoms with Gasteiger partial charge in [-0.05, 0) is 11.5 Å². The van der Waals surface area contributed by atoms with Crippen molar-refractivity contribution >= 4 is 21.7 Å². The lowest BCUT2D eigenvalue weighted by molar-refractivity contribution is -0.387. The van der Waals surface area contributed by atoms with E-state index in [9.17, 15) is 23.3 Å². The van der Waals surface area contributed by atoms with Gasteiger partial charge in [-0.1, -0.05) is 32.9 Å². The van der Waals surface area contributed by atoms with Gasteiger partial charge in [0.1, 0.15) is 6.04 Å². The summed E-state index contributed by atoms with van der Waals surface area (Å²) in [6, 6.07) is 3.34. The minimum absolute atomic E-state index is 0.564. The standard InChI is InChI=1S/C12H16N2O6S/c1-12(2,3)10(11(15)16)13-21(19,20)9-7-5-4-6-8(9)14(17)18/h4-7,10,13H,1-3H3,(H,15,16)/t10-/m0/s1. The van der Waals surface area contributed by atoms with Crippen LogP contribution < -0.4 is 4.72 Å². The fraction of sp³-hybridized carbons (Fsp3) is 0.417. The molecule has 0 heterocycles. The molecule has 0 amide bonds. The van der Waals surface area contributed by atoms with Gasteiger partial charge in [0.25, 0.3) is 5.69 Å². The summed E-state index contributed by atoms with van der Waals surface area (Å²) >= 11 is 0. The Morgan fingerprint density at radius 1 is 1.33 bits per heavy atom. The first-order valence-electron chi connectivity index (χ1n) is 5.95. The molecule has 0 bridgehead atoms. The molecule has 1 aromatic rings. The number of hydrogen-bond acceptors (Lipinski definition) is 5. The first-order chi connectivity index (χ1) is 9.47. The van der Waals surface area contributed by atoms with Crippen molar-refractivity contribution in [3.05, 3.63) is 34.4 Å². The van der Waals surface area contributed by atoms with Crippen LogP contribution in [-0.2, 0) is 14.8 Å². The zero-order valence-electron chi connectivity index (χ0n) is 11.7. The number of nitro groups is 1. The van der Waals surface area contributed by atoms with E-state index in [1.807, 2.05) is 4.72 Å². The molecule has 9 heteroatoms. The number of carbonyl (C=O) groups is 1. The number of rotatable bonds is 5. The summed E-state index contributed by atoms with van der Waals surface area (Å²) in [5.74, 6) is -1.36. The second-order valence-corrected chi connectivity index (χ2v) is 7.17. The van der Waals surface area contributed by atoms with E-state index in [0.29, 0.717) is 0 Å². The van der Waals surface area contributed by atoms with Crippen molar-refractivity contribution in [2.24, 2.45) is 5.41 Å². The zero-order chi connectivity index (χ0) is 16.4. The molecular formula is C12H16N2O6S. The summed E-state index contributed by atoms with van der Waals surface area (Å²) in [4.78, 5) is 20.7. The summed E-state index contributed by atoms with van der Waals surface area (Å²) in [5, 5.41) is 20.0. The highest BCUT2D eigenvalue weighted by Crippen LogP contribution is 2.26. The number of para-hydroxylation sites is 1. The van der Waals surface area contributed by atoms with Gasteiger partial charge in [-0.15, -0.1) is 0 Å². The Labute approximate surface area is 122 Å². The van der Waals surface area contributed by atoms with Crippen molar-refractivity contribution in [3.63, 3.8) is 0 Å². The van der Waals surface area contributed by atoms with E-state index < -0.39 is 43.0 Å². The van der Waals surface area contributed by atoms with Crippen molar-refractivity contribution < 1.29 is 23.2 Å². The number of hydrogen-bond donors (Lipinski definition) is 2. The Balaban J connectivity index is 3.30. The van der Waals surface area contributed by atoms with E-state index in [4.69, 9.17) is 5.11 Å². The minimum Gasteiger partial charge on any atom is -0.480 e. The summed E-state index contributed by atoms with van der Waals surface area (Å²) in [7, 11) is -4.34. The van der Waals surface area contributed by atoms with E-state index in [-0.39, 0.29) is 0 Å². The van der Waals surface area contributed by atoms with Crippen LogP contribution in [0.25, 0.3) is 0 Å². The predicted molar refractivity (Wildman–Crippen MR) is 74.3 cm³/mol. The summed E-state index contributed by atoms with van der Waals surface area (Å²) in [6.07, 6.45) is 0. The Morgan fingerprint density at radius 3 is 2.29 bits per heavy atom. The molecule has 0 aliphatic heterocycles. The van der Waals surface area contributed by atoms with E-state index in [1.54, 1.807) is 20.8 Å². The van der Waals surface area contributed by atoms with Crippen LogP contribution in [0.1, 0.15) is 20.8 Å². The highest BCUT2D eigenvalue weighted by atomic mass is 32.2. The summed E-state index contributed by atoms with van der Waals surface area (Å²) in [6.45, 7) is 4.65. The monoisotopic (exact) mass is 316 g/mol. The van der Waals surface area contributed by atoms with Crippen molar-refractivity contribution in [1.82, 2.24) is 4.72 Å². The van der Waals surface area contributed by atoms with Crippen molar-refractivity contribution in [3.8, 4) is 0 Å². The summed E-state index contributed by atoms with van der Waals surface area (Å²) in [5.41, 5.74) is -1.51. The average Bonchev–Trinajstić information content (AvgIpc) is 2.34. The number of sulfonamides is 1. The number of aliphatic carboxylic acids is 1. The van der Waals surface area contributed by atoms with Gasteiger partial charge in [0.05, 0.1) is 4.92 Å². The second-order valence-electron chi connectivity index (χ2n) is 5.48. The molecule has 0 unspecified atom stereocenters. The van der Waals surface area contributed by atoms with Crippen LogP contribution in [0.4, 0.5) is 5.69 Å². The third-order valence-electron chi connectivity index (χ3n) is 2.74. The first kappa shape index (κ1) is 17.1. The smallest absolute Gasteiger partial charge is 0.322 e. The van der Waals surface area contributed by atoms with Crippen LogP contribution in [0, 0.1) is 15.5 Å². The van der Waals surface area contributed by atoms with Crippen LogP contribution in [0.5, 0.6) is 0 Å². The van der Waals surface area contributed by atoms with Crippen LogP contribution in [0.3, 0.4) is 0 Å². The molecule has 1 atom stereocenters. The lowest BCUT2D eigenvalue weighted by atomic mass is 9.88. The van der Waals surface area contributed by atoms with Crippen molar-refractivity contribution in [2.75, 3.05) is 0 Å². The van der Waals surface area contributed by atoms with Crippen LogP contribution in [0.15, 0.2) is 29.2 Å². The summed E-state index contributed by atoms with van der Waals surface area (Å²) < 4.78 is 26.5. The van der Waals surface area contributed by atoms with Gasteiger partial charge >= 0.3 is 5.97 Å². The Morgan fingerprint density at radius 2 is 1.86 bits per heavy atom. The van der Waals surface area contributed by atoms with Gasteiger partial charge in [-0.3, -0.25) is 14.9 Å². The van der Waals surface area contributed by atoms with Crippen LogP contribution >= 0.6 is 0 Å². The number of nitro benzene ring substituents is 1. The third-order valence-corrected chi connectivity index (χ3v) is 4.21. The number of nitrogens with one attached hydrogen (secondary N) is 1. The number of carboxylic acids is 1. The molecule has 0 saturated carbocycles. The van der Waals surface area contributed by atoms with Crippen LogP contribution in [0.2, 0.25) is 0 Å². The molecule has 0 aromatic heterocycles. The number of carboxylic acid groups (broad SMARTS) is 1. The minimum atomic E-state index is -4.34. The molecule has 21 heavy (non-hydrogen) atoms. The maximum atomic E-state index is 12.2. The maximum absolute atomic E-state index is 12.2. The Hall–Kier alpha value is -2.00. The van der Waals surface area contributed by atoms with Gasteiger partial charge in [-0.2, -0.15) is 4.72 Å². The Bertz CT molecular complexity index is 663. The first-order valence-corrected chi connectivity index (χ1v) is 7.43. The molecule has 0 saturated heterocycles. The lowest BCUT2D eigenvalue weighted by Gasteiger charge is -2.27. The molecule has 0 fully saturated rings. The quantitative estimate of drug-likeness (QED) is 0.624. The molecule has 116 valence electrons. The van der Waals surface area contributed by atoms with Crippen molar-refractivity contribution in [1.29, 1.82) is 0 Å². The van der Waals surface area contributed by atoms with E-state index >= 15 is 0 Å². The van der Waals surface area contributed by atoms with E-state index in [1.165, 1.54) is 12.1 Å². The van der Waals surface area contributed by atoms with Gasteiger partial charge in [0.2, 0.25) is 10.0 Å². The number of benzene rings is 1. The zero-order valence-corrected chi connectivity index (χ0v) is 12.5. The van der Waals surface area contributed by atoms with Gasteiger partial charge in [0.15, 0.2) is 4.90 Å². The van der Waals surface area contributed by atoms with E-state index in [0.717, 1.165) is 12.1 Å². The fourth-order valence-electron chi connectivity index (χ4n) is 1.65.